The van der Waals surface area contributed by atoms with Gasteiger partial charge in [0.1, 0.15) is 5.82 Å². The Kier molecular flexibility index (Phi) is 5.23. The lowest BCUT2D eigenvalue weighted by molar-refractivity contribution is -0.136. The monoisotopic (exact) mass is 367 g/mol. The van der Waals surface area contributed by atoms with E-state index in [1.807, 2.05) is 12.4 Å². The number of likely N-dealkylation sites (tertiary alicyclic amines) is 1. The molecule has 27 heavy (non-hydrogen) atoms. The molecule has 2 aromatic heterocycles. The molecular weight excluding hydrogens is 338 g/mol. The molecule has 0 spiro atoms. The number of piperidine rings is 1. The van der Waals surface area contributed by atoms with Crippen LogP contribution in [0.2, 0.25) is 0 Å². The van der Waals surface area contributed by atoms with Crippen molar-refractivity contribution in [1.82, 2.24) is 24.4 Å². The Morgan fingerprint density at radius 2 is 1.81 bits per heavy atom. The van der Waals surface area contributed by atoms with Crippen LogP contribution in [0.25, 0.3) is 5.82 Å². The molecule has 3 heterocycles. The van der Waals surface area contributed by atoms with Gasteiger partial charge >= 0.3 is 0 Å². The van der Waals surface area contributed by atoms with Gasteiger partial charge in [-0.25, -0.2) is 9.97 Å². The maximum absolute atomic E-state index is 12.9. The van der Waals surface area contributed by atoms with Gasteiger partial charge in [-0.2, -0.15) is 0 Å². The molecule has 2 aromatic rings. The lowest BCUT2D eigenvalue weighted by atomic mass is 9.93. The molecule has 6 heteroatoms. The molecule has 1 saturated heterocycles. The minimum Gasteiger partial charge on any atom is -0.342 e. The predicted molar refractivity (Wildman–Crippen MR) is 104 cm³/mol. The summed E-state index contributed by atoms with van der Waals surface area (Å²) in [7, 11) is 0. The number of nitrogens with zero attached hydrogens (tertiary/aromatic N) is 5. The lowest BCUT2D eigenvalue weighted by Crippen LogP contribution is -2.42. The Labute approximate surface area is 161 Å². The molecule has 1 aliphatic heterocycles. The fourth-order valence-corrected chi connectivity index (χ4v) is 4.57. The van der Waals surface area contributed by atoms with Gasteiger partial charge < -0.3 is 4.90 Å². The smallest absolute Gasteiger partial charge is 0.225 e. The maximum atomic E-state index is 12.9. The third-order valence-electron chi connectivity index (χ3n) is 5.94. The van der Waals surface area contributed by atoms with Gasteiger partial charge in [0.25, 0.3) is 0 Å². The number of hydrogen-bond acceptors (Lipinski definition) is 4. The summed E-state index contributed by atoms with van der Waals surface area (Å²) in [6.07, 6.45) is 13.9. The van der Waals surface area contributed by atoms with Crippen molar-refractivity contribution >= 4 is 5.91 Å². The van der Waals surface area contributed by atoms with Gasteiger partial charge in [-0.1, -0.05) is 26.7 Å². The average Bonchev–Trinajstić information content (AvgIpc) is 3.39. The van der Waals surface area contributed by atoms with Gasteiger partial charge in [0.15, 0.2) is 5.82 Å². The predicted octanol–water partition coefficient (Wildman–Crippen LogP) is 3.68. The minimum atomic E-state index is 0.232. The summed E-state index contributed by atoms with van der Waals surface area (Å²) in [4.78, 5) is 28.8. The topological polar surface area (TPSA) is 63.9 Å². The van der Waals surface area contributed by atoms with E-state index >= 15 is 0 Å². The largest absolute Gasteiger partial charge is 0.342 e. The summed E-state index contributed by atoms with van der Waals surface area (Å²) >= 11 is 0. The van der Waals surface area contributed by atoms with Crippen molar-refractivity contribution in [2.45, 2.75) is 64.2 Å². The van der Waals surface area contributed by atoms with Crippen LogP contribution < -0.4 is 0 Å². The summed E-state index contributed by atoms with van der Waals surface area (Å²) in [6.45, 7) is 5.91. The quantitative estimate of drug-likeness (QED) is 0.827. The van der Waals surface area contributed by atoms with E-state index in [1.54, 1.807) is 12.4 Å². The number of carbonyl (C=O) groups excluding carboxylic acids is 1. The van der Waals surface area contributed by atoms with Crippen LogP contribution >= 0.6 is 0 Å². The van der Waals surface area contributed by atoms with E-state index < -0.39 is 0 Å². The number of hydrogen-bond donors (Lipinski definition) is 0. The first-order chi connectivity index (χ1) is 13.1. The lowest BCUT2D eigenvalue weighted by Gasteiger charge is -2.34. The highest BCUT2D eigenvalue weighted by molar-refractivity contribution is 5.79. The number of imidazole rings is 1. The summed E-state index contributed by atoms with van der Waals surface area (Å²) in [5.74, 6) is 2.99. The van der Waals surface area contributed by atoms with E-state index in [1.165, 1.54) is 12.8 Å². The van der Waals surface area contributed by atoms with Crippen LogP contribution in [0, 0.1) is 5.92 Å². The Hall–Kier alpha value is -2.24. The van der Waals surface area contributed by atoms with Crippen LogP contribution in [0.4, 0.5) is 0 Å². The van der Waals surface area contributed by atoms with Crippen LogP contribution in [-0.2, 0) is 4.79 Å². The van der Waals surface area contributed by atoms with Gasteiger partial charge in [-0.3, -0.25) is 14.3 Å². The van der Waals surface area contributed by atoms with Gasteiger partial charge in [-0.15, -0.1) is 0 Å². The van der Waals surface area contributed by atoms with Crippen molar-refractivity contribution in [2.75, 3.05) is 13.1 Å². The van der Waals surface area contributed by atoms with Gasteiger partial charge in [0.2, 0.25) is 5.91 Å². The Bertz CT molecular complexity index is 793. The molecule has 4 rings (SSSR count). The third-order valence-corrected chi connectivity index (χ3v) is 5.94. The zero-order valence-electron chi connectivity index (χ0n) is 16.3. The van der Waals surface area contributed by atoms with E-state index in [9.17, 15) is 4.79 Å². The van der Waals surface area contributed by atoms with Gasteiger partial charge in [0.05, 0.1) is 5.69 Å². The van der Waals surface area contributed by atoms with E-state index in [2.05, 4.69) is 33.3 Å². The Morgan fingerprint density at radius 1 is 1.04 bits per heavy atom. The molecule has 1 saturated carbocycles. The molecule has 0 radical (unpaired) electrons. The van der Waals surface area contributed by atoms with Gasteiger partial charge in [0, 0.05) is 55.6 Å². The third kappa shape index (κ3) is 3.62. The summed E-state index contributed by atoms with van der Waals surface area (Å²) in [5, 5.41) is 0. The van der Waals surface area contributed by atoms with Crippen LogP contribution in [-0.4, -0.2) is 43.4 Å². The van der Waals surface area contributed by atoms with E-state index in [-0.39, 0.29) is 11.8 Å². The van der Waals surface area contributed by atoms with Crippen LogP contribution in [0.5, 0.6) is 0 Å². The fraction of sp³-hybridized carbons (Fsp3) is 0.619. The fourth-order valence-electron chi connectivity index (χ4n) is 4.57. The SMILES string of the molecule is CC(C)c1nccn1-c1nccnc1C1CCCN(C(=O)C2CCCC2)C1. The molecule has 1 atom stereocenters. The first-order valence-electron chi connectivity index (χ1n) is 10.3. The molecule has 0 aromatic carbocycles. The first kappa shape index (κ1) is 18.1. The molecule has 144 valence electrons. The molecule has 2 aliphatic rings. The van der Waals surface area contributed by atoms with Crippen molar-refractivity contribution in [3.05, 3.63) is 36.3 Å². The van der Waals surface area contributed by atoms with E-state index in [4.69, 9.17) is 4.98 Å². The molecule has 2 fully saturated rings. The standard InChI is InChI=1S/C21H29N5O/c1-15(2)19-24-11-13-26(19)20-18(22-9-10-23-20)17-8-5-12-25(14-17)21(27)16-6-3-4-7-16/h9-11,13,15-17H,3-8,12,14H2,1-2H3. The number of rotatable bonds is 4. The molecule has 0 N–H and O–H groups in total. The zero-order chi connectivity index (χ0) is 18.8. The highest BCUT2D eigenvalue weighted by atomic mass is 16.2. The van der Waals surface area contributed by atoms with Crippen molar-refractivity contribution in [1.29, 1.82) is 0 Å². The Morgan fingerprint density at radius 3 is 2.59 bits per heavy atom. The number of amides is 1. The minimum absolute atomic E-state index is 0.232. The van der Waals surface area contributed by atoms with Crippen LogP contribution in [0.1, 0.15) is 75.7 Å². The highest BCUT2D eigenvalue weighted by Crippen LogP contribution is 2.33. The van der Waals surface area contributed by atoms with Crippen molar-refractivity contribution in [3.8, 4) is 5.82 Å². The maximum Gasteiger partial charge on any atom is 0.225 e. The summed E-state index contributed by atoms with van der Waals surface area (Å²) in [6, 6.07) is 0. The molecule has 6 nitrogen and oxygen atoms in total. The van der Waals surface area contributed by atoms with Crippen LogP contribution in [0.3, 0.4) is 0 Å². The second-order valence-corrected chi connectivity index (χ2v) is 8.18. The van der Waals surface area contributed by atoms with Crippen molar-refractivity contribution in [3.63, 3.8) is 0 Å². The van der Waals surface area contributed by atoms with Crippen LogP contribution in [0.15, 0.2) is 24.8 Å². The highest BCUT2D eigenvalue weighted by Gasteiger charge is 2.32. The molecular formula is C21H29N5O. The van der Waals surface area contributed by atoms with Crippen molar-refractivity contribution in [2.24, 2.45) is 5.92 Å². The zero-order valence-corrected chi connectivity index (χ0v) is 16.3. The second kappa shape index (κ2) is 7.79. The molecule has 1 unspecified atom stereocenters. The number of carbonyl (C=O) groups is 1. The van der Waals surface area contributed by atoms with E-state index in [0.717, 1.165) is 56.1 Å². The summed E-state index contributed by atoms with van der Waals surface area (Å²) in [5.41, 5.74) is 0.987. The second-order valence-electron chi connectivity index (χ2n) is 8.18. The first-order valence-corrected chi connectivity index (χ1v) is 10.3. The average molecular weight is 367 g/mol. The Balaban J connectivity index is 1.60. The van der Waals surface area contributed by atoms with Gasteiger partial charge in [-0.05, 0) is 25.7 Å². The number of aromatic nitrogens is 4. The van der Waals surface area contributed by atoms with Crippen molar-refractivity contribution < 1.29 is 4.79 Å². The van der Waals surface area contributed by atoms with E-state index in [0.29, 0.717) is 11.8 Å². The molecule has 0 bridgehead atoms. The molecule has 1 amide bonds. The molecule has 1 aliphatic carbocycles. The summed E-state index contributed by atoms with van der Waals surface area (Å²) < 4.78 is 2.06. The normalized spacial score (nSPS) is 21.1.